The third kappa shape index (κ3) is 2.81. The first-order chi connectivity index (χ1) is 11.4. The zero-order valence-corrected chi connectivity index (χ0v) is 16.2. The maximum absolute atomic E-state index is 5.51. The number of hydrogen-bond donors (Lipinski definition) is 0. The molecule has 1 aliphatic heterocycles. The van der Waals surface area contributed by atoms with Gasteiger partial charge < -0.3 is 4.74 Å². The number of hydrogen-bond acceptors (Lipinski definition) is 1. The maximum atomic E-state index is 5.51. The predicted molar refractivity (Wildman–Crippen MR) is 101 cm³/mol. The van der Waals surface area contributed by atoms with Crippen molar-refractivity contribution in [3.05, 3.63) is 23.3 Å². The van der Waals surface area contributed by atoms with Crippen molar-refractivity contribution in [2.24, 2.45) is 28.6 Å². The summed E-state index contributed by atoms with van der Waals surface area (Å²) >= 11 is 0. The van der Waals surface area contributed by atoms with Crippen LogP contribution >= 0.6 is 0 Å². The molecule has 4 rings (SSSR count). The Hall–Kier alpha value is -0.560. The molecule has 1 heteroatoms. The van der Waals surface area contributed by atoms with Crippen molar-refractivity contribution in [1.82, 2.24) is 0 Å². The van der Waals surface area contributed by atoms with Gasteiger partial charge in [-0.15, -0.1) is 0 Å². The maximum Gasteiger partial charge on any atom is 0.0810 e. The quantitative estimate of drug-likeness (QED) is 0.552. The molecule has 0 aromatic carbocycles. The lowest BCUT2D eigenvalue weighted by Gasteiger charge is -2.58. The molecular weight excluding hydrogens is 292 g/mol. The van der Waals surface area contributed by atoms with Crippen LogP contribution in [0.5, 0.6) is 0 Å². The van der Waals surface area contributed by atoms with Gasteiger partial charge in [0.05, 0.1) is 12.7 Å². The lowest BCUT2D eigenvalue weighted by atomic mass is 9.46. The third-order valence-electron chi connectivity index (χ3n) is 8.14. The molecule has 0 aromatic rings. The van der Waals surface area contributed by atoms with E-state index >= 15 is 0 Å². The van der Waals surface area contributed by atoms with E-state index in [1.807, 2.05) is 0 Å². The molecule has 0 N–H and O–H groups in total. The van der Waals surface area contributed by atoms with E-state index in [1.165, 1.54) is 51.4 Å². The van der Waals surface area contributed by atoms with Gasteiger partial charge in [-0.3, -0.25) is 0 Å². The lowest BCUT2D eigenvalue weighted by molar-refractivity contribution is -0.0544. The average Bonchev–Trinajstić information content (AvgIpc) is 3.37. The molecular formula is C23H36O. The van der Waals surface area contributed by atoms with E-state index < -0.39 is 0 Å². The molecule has 24 heavy (non-hydrogen) atoms. The second-order valence-corrected chi connectivity index (χ2v) is 9.97. The largest absolute Gasteiger partial charge is 0.373 e. The Labute approximate surface area is 148 Å². The van der Waals surface area contributed by atoms with Crippen molar-refractivity contribution < 1.29 is 4.74 Å². The third-order valence-corrected chi connectivity index (χ3v) is 8.14. The molecule has 0 spiro atoms. The summed E-state index contributed by atoms with van der Waals surface area (Å²) in [4.78, 5) is 0. The summed E-state index contributed by atoms with van der Waals surface area (Å²) in [5.74, 6) is 2.41. The van der Waals surface area contributed by atoms with E-state index in [0.717, 1.165) is 18.4 Å². The second kappa shape index (κ2) is 6.01. The smallest absolute Gasteiger partial charge is 0.0810 e. The Kier molecular flexibility index (Phi) is 4.23. The molecule has 0 radical (unpaired) electrons. The van der Waals surface area contributed by atoms with Gasteiger partial charge in [-0.05, 0) is 79.1 Å². The lowest BCUT2D eigenvalue weighted by Crippen LogP contribution is -2.50. The molecule has 1 saturated heterocycles. The highest BCUT2D eigenvalue weighted by atomic mass is 16.6. The molecule has 1 saturated carbocycles. The average molecular weight is 329 g/mol. The van der Waals surface area contributed by atoms with Crippen LogP contribution in [0, 0.1) is 28.6 Å². The number of rotatable bonds is 4. The molecule has 4 aliphatic rings. The van der Waals surface area contributed by atoms with Crippen LogP contribution in [-0.2, 0) is 4.74 Å². The minimum absolute atomic E-state index is 0.528. The Morgan fingerprint density at radius 3 is 2.75 bits per heavy atom. The summed E-state index contributed by atoms with van der Waals surface area (Å²) in [7, 11) is 0. The van der Waals surface area contributed by atoms with Crippen molar-refractivity contribution in [3.63, 3.8) is 0 Å². The molecule has 2 fully saturated rings. The van der Waals surface area contributed by atoms with E-state index in [9.17, 15) is 0 Å². The molecule has 3 aliphatic carbocycles. The van der Waals surface area contributed by atoms with Crippen LogP contribution in [0.25, 0.3) is 0 Å². The minimum Gasteiger partial charge on any atom is -0.373 e. The standard InChI is InChI=1S/C23H36O/c1-16(2)17-6-8-20-18(14-17)7-9-21-22(3,13-10-19-15-24-19)11-5-12-23(20,21)4/h7,14,16,19-21H,5-6,8-13,15H2,1-4H3. The molecule has 5 atom stereocenters. The molecule has 1 heterocycles. The van der Waals surface area contributed by atoms with Gasteiger partial charge in [0.15, 0.2) is 0 Å². The molecule has 134 valence electrons. The second-order valence-electron chi connectivity index (χ2n) is 9.97. The van der Waals surface area contributed by atoms with Gasteiger partial charge in [-0.1, -0.05) is 51.8 Å². The van der Waals surface area contributed by atoms with Crippen molar-refractivity contribution in [2.75, 3.05) is 6.61 Å². The van der Waals surface area contributed by atoms with Crippen molar-refractivity contribution in [2.45, 2.75) is 85.2 Å². The van der Waals surface area contributed by atoms with Crippen LogP contribution in [0.1, 0.15) is 79.1 Å². The zero-order valence-electron chi connectivity index (χ0n) is 16.2. The fraction of sp³-hybridized carbons (Fsp3) is 0.826. The first kappa shape index (κ1) is 16.9. The van der Waals surface area contributed by atoms with Gasteiger partial charge >= 0.3 is 0 Å². The Balaban J connectivity index is 1.60. The van der Waals surface area contributed by atoms with Crippen LogP contribution in [-0.4, -0.2) is 12.7 Å². The van der Waals surface area contributed by atoms with E-state index in [2.05, 4.69) is 39.8 Å². The summed E-state index contributed by atoms with van der Waals surface area (Å²) in [5, 5.41) is 0. The van der Waals surface area contributed by atoms with Gasteiger partial charge in [0.25, 0.3) is 0 Å². The number of fused-ring (bicyclic) bond motifs is 3. The van der Waals surface area contributed by atoms with Gasteiger partial charge in [-0.25, -0.2) is 0 Å². The van der Waals surface area contributed by atoms with Crippen molar-refractivity contribution in [3.8, 4) is 0 Å². The molecule has 1 nitrogen and oxygen atoms in total. The molecule has 0 aromatic heterocycles. The summed E-state index contributed by atoms with van der Waals surface area (Å²) in [6, 6.07) is 0. The van der Waals surface area contributed by atoms with E-state index in [0.29, 0.717) is 22.9 Å². The molecule has 0 bridgehead atoms. The first-order valence-corrected chi connectivity index (χ1v) is 10.4. The van der Waals surface area contributed by atoms with Crippen LogP contribution in [0.4, 0.5) is 0 Å². The summed E-state index contributed by atoms with van der Waals surface area (Å²) < 4.78 is 5.51. The summed E-state index contributed by atoms with van der Waals surface area (Å²) in [6.07, 6.45) is 16.8. The molecule has 5 unspecified atom stereocenters. The van der Waals surface area contributed by atoms with Crippen molar-refractivity contribution in [1.29, 1.82) is 0 Å². The monoisotopic (exact) mass is 328 g/mol. The Bertz CT molecular complexity index is 552. The summed E-state index contributed by atoms with van der Waals surface area (Å²) in [5.41, 5.74) is 4.44. The predicted octanol–water partition coefficient (Wildman–Crippen LogP) is 6.30. The normalized spacial score (nSPS) is 44.5. The topological polar surface area (TPSA) is 12.5 Å². The highest BCUT2D eigenvalue weighted by Crippen LogP contribution is 2.63. The fourth-order valence-corrected chi connectivity index (χ4v) is 6.50. The Morgan fingerprint density at radius 1 is 1.25 bits per heavy atom. The highest BCUT2D eigenvalue weighted by molar-refractivity contribution is 5.35. The van der Waals surface area contributed by atoms with E-state index in [-0.39, 0.29) is 0 Å². The fourth-order valence-electron chi connectivity index (χ4n) is 6.50. The molecule has 0 amide bonds. The number of epoxide rings is 1. The Morgan fingerprint density at radius 2 is 2.04 bits per heavy atom. The van der Waals surface area contributed by atoms with Gasteiger partial charge in [-0.2, -0.15) is 0 Å². The van der Waals surface area contributed by atoms with Crippen LogP contribution in [0.3, 0.4) is 0 Å². The van der Waals surface area contributed by atoms with E-state index in [1.54, 1.807) is 11.1 Å². The minimum atomic E-state index is 0.528. The van der Waals surface area contributed by atoms with Crippen molar-refractivity contribution >= 4 is 0 Å². The highest BCUT2D eigenvalue weighted by Gasteiger charge is 2.54. The van der Waals surface area contributed by atoms with Crippen LogP contribution in [0.15, 0.2) is 23.3 Å². The zero-order chi connectivity index (χ0) is 16.9. The van der Waals surface area contributed by atoms with Gasteiger partial charge in [0.2, 0.25) is 0 Å². The summed E-state index contributed by atoms with van der Waals surface area (Å²) in [6.45, 7) is 11.0. The number of allylic oxidation sites excluding steroid dienone is 4. The van der Waals surface area contributed by atoms with Crippen LogP contribution in [0.2, 0.25) is 0 Å². The van der Waals surface area contributed by atoms with E-state index in [4.69, 9.17) is 4.74 Å². The van der Waals surface area contributed by atoms with Gasteiger partial charge in [0.1, 0.15) is 0 Å². The number of ether oxygens (including phenoxy) is 1. The first-order valence-electron chi connectivity index (χ1n) is 10.4. The SMILES string of the molecule is CC(C)C1=CC2=CCC3C(C)(CCC4CO4)CCCC3(C)C2CC1. The van der Waals surface area contributed by atoms with Gasteiger partial charge in [0, 0.05) is 0 Å². The van der Waals surface area contributed by atoms with Crippen LogP contribution < -0.4 is 0 Å².